The molecule has 0 radical (unpaired) electrons. The third-order valence-corrected chi connectivity index (χ3v) is 1.66. The van der Waals surface area contributed by atoms with Gasteiger partial charge in [-0.25, -0.2) is 0 Å². The first kappa shape index (κ1) is 11.7. The van der Waals surface area contributed by atoms with E-state index in [9.17, 15) is 22.0 Å². The molecule has 0 saturated carbocycles. The molecule has 1 nitrogen and oxygen atoms in total. The van der Waals surface area contributed by atoms with Crippen molar-refractivity contribution in [2.45, 2.75) is 19.7 Å². The highest BCUT2D eigenvalue weighted by Crippen LogP contribution is 2.37. The van der Waals surface area contributed by atoms with Crippen molar-refractivity contribution in [3.63, 3.8) is 0 Å². The maximum Gasteiger partial charge on any atom is 0.419 e. The molecule has 6 heteroatoms. The van der Waals surface area contributed by atoms with Crippen molar-refractivity contribution in [1.29, 1.82) is 0 Å². The van der Waals surface area contributed by atoms with Gasteiger partial charge in [-0.2, -0.15) is 22.0 Å². The molecule has 1 aromatic rings. The molecule has 0 N–H and O–H groups in total. The van der Waals surface area contributed by atoms with E-state index in [1.165, 1.54) is 13.0 Å². The molecule has 0 aromatic heterocycles. The van der Waals surface area contributed by atoms with Crippen LogP contribution in [0, 0.1) is 6.92 Å². The molecule has 0 aliphatic heterocycles. The van der Waals surface area contributed by atoms with Gasteiger partial charge in [-0.1, -0.05) is 11.6 Å². The normalized spacial score (nSPS) is 11.9. The first-order valence-corrected chi connectivity index (χ1v) is 3.93. The Morgan fingerprint density at radius 2 is 1.80 bits per heavy atom. The number of aryl methyl sites for hydroxylation is 1. The lowest BCUT2D eigenvalue weighted by Gasteiger charge is -2.13. The number of halogens is 5. The van der Waals surface area contributed by atoms with Crippen LogP contribution < -0.4 is 4.74 Å². The van der Waals surface area contributed by atoms with Gasteiger partial charge < -0.3 is 4.74 Å². The molecule has 0 spiro atoms. The number of alkyl halides is 5. The van der Waals surface area contributed by atoms with Crippen LogP contribution in [-0.2, 0) is 6.18 Å². The fraction of sp³-hybridized carbons (Fsp3) is 0.333. The molecule has 0 aliphatic rings. The van der Waals surface area contributed by atoms with Crippen molar-refractivity contribution in [3.8, 4) is 5.75 Å². The maximum atomic E-state index is 12.4. The fourth-order valence-electron chi connectivity index (χ4n) is 1.06. The Morgan fingerprint density at radius 1 is 1.20 bits per heavy atom. The molecule has 0 bridgehead atoms. The van der Waals surface area contributed by atoms with Crippen LogP contribution in [0.5, 0.6) is 5.75 Å². The van der Waals surface area contributed by atoms with Gasteiger partial charge in [0, 0.05) is 0 Å². The zero-order valence-corrected chi connectivity index (χ0v) is 7.61. The Labute approximate surface area is 82.5 Å². The molecule has 1 aromatic carbocycles. The first-order valence-electron chi connectivity index (χ1n) is 3.93. The Hall–Kier alpha value is -1.33. The monoisotopic (exact) mass is 226 g/mol. The van der Waals surface area contributed by atoms with Gasteiger partial charge in [0.05, 0.1) is 5.56 Å². The first-order chi connectivity index (χ1) is 6.80. The van der Waals surface area contributed by atoms with Crippen LogP contribution in [0.2, 0.25) is 0 Å². The zero-order valence-electron chi connectivity index (χ0n) is 7.61. The van der Waals surface area contributed by atoms with Gasteiger partial charge in [-0.3, -0.25) is 0 Å². The number of benzene rings is 1. The van der Waals surface area contributed by atoms with Crippen LogP contribution in [0.4, 0.5) is 22.0 Å². The summed E-state index contributed by atoms with van der Waals surface area (Å²) in [7, 11) is 0. The predicted octanol–water partition coefficient (Wildman–Crippen LogP) is 3.62. The van der Waals surface area contributed by atoms with Crippen LogP contribution in [-0.4, -0.2) is 6.61 Å². The van der Waals surface area contributed by atoms with E-state index in [0.29, 0.717) is 5.56 Å². The molecule has 0 fully saturated rings. The van der Waals surface area contributed by atoms with Crippen molar-refractivity contribution in [2.75, 3.05) is 0 Å². The van der Waals surface area contributed by atoms with Crippen molar-refractivity contribution < 1.29 is 26.7 Å². The molecule has 0 aliphatic carbocycles. The minimum absolute atomic E-state index is 0.323. The molecule has 0 atom stereocenters. The summed E-state index contributed by atoms with van der Waals surface area (Å²) < 4.78 is 64.4. The number of hydrogen-bond donors (Lipinski definition) is 0. The Morgan fingerprint density at radius 3 is 2.27 bits per heavy atom. The molecule has 15 heavy (non-hydrogen) atoms. The van der Waals surface area contributed by atoms with E-state index >= 15 is 0 Å². The molecule has 1 rings (SSSR count). The van der Waals surface area contributed by atoms with Crippen LogP contribution in [0.25, 0.3) is 0 Å². The summed E-state index contributed by atoms with van der Waals surface area (Å²) in [5, 5.41) is 0. The third-order valence-electron chi connectivity index (χ3n) is 1.66. The van der Waals surface area contributed by atoms with Gasteiger partial charge >= 0.3 is 12.8 Å². The average molecular weight is 226 g/mol. The van der Waals surface area contributed by atoms with Crippen molar-refractivity contribution in [2.24, 2.45) is 0 Å². The molecule has 0 heterocycles. The third kappa shape index (κ3) is 3.07. The van der Waals surface area contributed by atoms with E-state index in [-0.39, 0.29) is 0 Å². The van der Waals surface area contributed by atoms with Gasteiger partial charge in [0.15, 0.2) is 0 Å². The number of rotatable bonds is 2. The van der Waals surface area contributed by atoms with E-state index in [1.54, 1.807) is 0 Å². The summed E-state index contributed by atoms with van der Waals surface area (Å²) in [4.78, 5) is 0. The average Bonchev–Trinajstić information content (AvgIpc) is 2.05. The largest absolute Gasteiger partial charge is 0.434 e. The number of hydrogen-bond acceptors (Lipinski definition) is 1. The topological polar surface area (TPSA) is 9.23 Å². The van der Waals surface area contributed by atoms with Crippen molar-refractivity contribution in [1.82, 2.24) is 0 Å². The molecular formula is C9H7F5O. The van der Waals surface area contributed by atoms with Crippen LogP contribution in [0.3, 0.4) is 0 Å². The van der Waals surface area contributed by atoms with E-state index in [1.807, 2.05) is 0 Å². The SMILES string of the molecule is Cc1ccc(OC(F)F)c(C(F)(F)F)c1. The Kier molecular flexibility index (Phi) is 3.16. The highest BCUT2D eigenvalue weighted by molar-refractivity contribution is 5.38. The fourth-order valence-corrected chi connectivity index (χ4v) is 1.06. The minimum Gasteiger partial charge on any atom is -0.434 e. The van der Waals surface area contributed by atoms with E-state index in [2.05, 4.69) is 4.74 Å². The maximum absolute atomic E-state index is 12.4. The smallest absolute Gasteiger partial charge is 0.419 e. The highest BCUT2D eigenvalue weighted by Gasteiger charge is 2.35. The molecule has 0 unspecified atom stereocenters. The van der Waals surface area contributed by atoms with Gasteiger partial charge in [-0.05, 0) is 19.1 Å². The molecular weight excluding hydrogens is 219 g/mol. The van der Waals surface area contributed by atoms with Gasteiger partial charge in [-0.15, -0.1) is 0 Å². The molecule has 84 valence electrons. The summed E-state index contributed by atoms with van der Waals surface area (Å²) in [5.41, 5.74) is -0.869. The van der Waals surface area contributed by atoms with E-state index < -0.39 is 24.1 Å². The summed E-state index contributed by atoms with van der Waals surface area (Å²) in [5.74, 6) is -0.858. The van der Waals surface area contributed by atoms with Crippen LogP contribution >= 0.6 is 0 Å². The van der Waals surface area contributed by atoms with Crippen LogP contribution in [0.1, 0.15) is 11.1 Å². The lowest BCUT2D eigenvalue weighted by molar-refractivity contribution is -0.141. The summed E-state index contributed by atoms with van der Waals surface area (Å²) in [6.45, 7) is -1.84. The van der Waals surface area contributed by atoms with Gasteiger partial charge in [0.25, 0.3) is 0 Å². The molecule has 0 saturated heterocycles. The van der Waals surface area contributed by atoms with Gasteiger partial charge in [0.1, 0.15) is 5.75 Å². The Bertz CT molecular complexity index is 345. The second-order valence-electron chi connectivity index (χ2n) is 2.88. The second kappa shape index (κ2) is 4.04. The summed E-state index contributed by atoms with van der Waals surface area (Å²) >= 11 is 0. The van der Waals surface area contributed by atoms with E-state index in [4.69, 9.17) is 0 Å². The minimum atomic E-state index is -4.70. The number of ether oxygens (including phenoxy) is 1. The van der Waals surface area contributed by atoms with Crippen molar-refractivity contribution >= 4 is 0 Å². The summed E-state index contributed by atoms with van der Waals surface area (Å²) in [6.07, 6.45) is -4.70. The molecule has 0 amide bonds. The Balaban J connectivity index is 3.15. The quantitative estimate of drug-likeness (QED) is 0.700. The highest BCUT2D eigenvalue weighted by atomic mass is 19.4. The second-order valence-corrected chi connectivity index (χ2v) is 2.88. The van der Waals surface area contributed by atoms with E-state index in [0.717, 1.165) is 12.1 Å². The van der Waals surface area contributed by atoms with Crippen LogP contribution in [0.15, 0.2) is 18.2 Å². The van der Waals surface area contributed by atoms with Gasteiger partial charge in [0.2, 0.25) is 0 Å². The van der Waals surface area contributed by atoms with Crippen molar-refractivity contribution in [3.05, 3.63) is 29.3 Å². The lowest BCUT2D eigenvalue weighted by atomic mass is 10.1. The standard InChI is InChI=1S/C9H7F5O/c1-5-2-3-7(15-8(10)11)6(4-5)9(12,13)14/h2-4,8H,1H3. The lowest BCUT2D eigenvalue weighted by Crippen LogP contribution is -2.11. The predicted molar refractivity (Wildman–Crippen MR) is 42.8 cm³/mol. The summed E-state index contributed by atoms with van der Waals surface area (Å²) in [6, 6.07) is 2.91. The zero-order chi connectivity index (χ0) is 11.6.